The lowest BCUT2D eigenvalue weighted by Crippen LogP contribution is -2.27. The Morgan fingerprint density at radius 1 is 0.800 bits per heavy atom. The molecule has 1 fully saturated rings. The minimum Gasteiger partial charge on any atom is -0.379 e. The molecule has 35 heavy (non-hydrogen) atoms. The van der Waals surface area contributed by atoms with E-state index in [4.69, 9.17) is 4.18 Å². The Kier molecular flexibility index (Phi) is 6.15. The van der Waals surface area contributed by atoms with Crippen molar-refractivity contribution in [1.82, 2.24) is 4.90 Å². The zero-order valence-corrected chi connectivity index (χ0v) is 20.0. The van der Waals surface area contributed by atoms with Crippen molar-refractivity contribution in [3.8, 4) is 5.75 Å². The number of carbonyl (C=O) groups excluding carboxylic acids is 2. The molecule has 1 heterocycles. The summed E-state index contributed by atoms with van der Waals surface area (Å²) in [6.07, 6.45) is 1.56. The number of rotatable bonds is 6. The smallest absolute Gasteiger partial charge is 0.339 e. The third kappa shape index (κ3) is 4.99. The second-order valence-corrected chi connectivity index (χ2v) is 10.4. The molecule has 0 saturated carbocycles. The molecule has 6 nitrogen and oxygen atoms in total. The van der Waals surface area contributed by atoms with Gasteiger partial charge in [-0.3, -0.25) is 14.5 Å². The first kappa shape index (κ1) is 22.9. The lowest BCUT2D eigenvalue weighted by molar-refractivity contribution is -0.123. The third-order valence-electron chi connectivity index (χ3n) is 5.42. The minimum atomic E-state index is -3.99. The van der Waals surface area contributed by atoms with Crippen LogP contribution in [0, 0.1) is 0 Å². The van der Waals surface area contributed by atoms with Crippen molar-refractivity contribution in [3.05, 3.63) is 113 Å². The van der Waals surface area contributed by atoms with E-state index in [0.29, 0.717) is 5.56 Å². The zero-order valence-electron chi connectivity index (χ0n) is 18.3. The Morgan fingerprint density at radius 3 is 2.34 bits per heavy atom. The molecule has 0 unspecified atom stereocenters. The summed E-state index contributed by atoms with van der Waals surface area (Å²) >= 11 is 0.855. The SMILES string of the molecule is O=C1S/C(=C\c2cccc(OS(=O)(=O)c3ccccc3)c2)C(=O)N1Cc1ccc2ccccc2c1. The molecule has 0 N–H and O–H groups in total. The second kappa shape index (κ2) is 9.40. The first-order valence-electron chi connectivity index (χ1n) is 10.7. The Balaban J connectivity index is 1.34. The van der Waals surface area contributed by atoms with Crippen LogP contribution in [0.3, 0.4) is 0 Å². The molecule has 0 atom stereocenters. The predicted molar refractivity (Wildman–Crippen MR) is 136 cm³/mol. The molecule has 0 aromatic heterocycles. The van der Waals surface area contributed by atoms with Crippen molar-refractivity contribution in [2.24, 2.45) is 0 Å². The number of amides is 2. The van der Waals surface area contributed by atoms with Crippen molar-refractivity contribution >= 4 is 49.9 Å². The minimum absolute atomic E-state index is 0.0419. The van der Waals surface area contributed by atoms with Gasteiger partial charge in [-0.05, 0) is 70.1 Å². The van der Waals surface area contributed by atoms with Crippen LogP contribution in [0.15, 0.2) is 107 Å². The van der Waals surface area contributed by atoms with Crippen LogP contribution in [-0.2, 0) is 21.5 Å². The summed E-state index contributed by atoms with van der Waals surface area (Å²) in [4.78, 5) is 27.1. The fraction of sp³-hybridized carbons (Fsp3) is 0.0370. The average Bonchev–Trinajstić information content (AvgIpc) is 3.11. The van der Waals surface area contributed by atoms with Crippen molar-refractivity contribution in [2.75, 3.05) is 0 Å². The summed E-state index contributed by atoms with van der Waals surface area (Å²) in [5.41, 5.74) is 1.40. The van der Waals surface area contributed by atoms with E-state index in [0.717, 1.165) is 28.1 Å². The van der Waals surface area contributed by atoms with Gasteiger partial charge in [0.2, 0.25) is 0 Å². The van der Waals surface area contributed by atoms with E-state index in [2.05, 4.69) is 0 Å². The van der Waals surface area contributed by atoms with Crippen LogP contribution in [0.2, 0.25) is 0 Å². The highest BCUT2D eigenvalue weighted by Crippen LogP contribution is 2.34. The Bertz CT molecular complexity index is 1580. The molecule has 0 spiro atoms. The van der Waals surface area contributed by atoms with Crippen molar-refractivity contribution in [2.45, 2.75) is 11.4 Å². The molecule has 8 heteroatoms. The fourth-order valence-corrected chi connectivity index (χ4v) is 5.51. The van der Waals surface area contributed by atoms with Crippen molar-refractivity contribution < 1.29 is 22.2 Å². The predicted octanol–water partition coefficient (Wildman–Crippen LogP) is 5.84. The molecule has 1 aliphatic heterocycles. The summed E-state index contributed by atoms with van der Waals surface area (Å²) in [6, 6.07) is 27.9. The van der Waals surface area contributed by atoms with Gasteiger partial charge in [0.25, 0.3) is 11.1 Å². The van der Waals surface area contributed by atoms with Crippen molar-refractivity contribution in [1.29, 1.82) is 0 Å². The average molecular weight is 502 g/mol. The van der Waals surface area contributed by atoms with Crippen LogP contribution in [0.4, 0.5) is 4.79 Å². The van der Waals surface area contributed by atoms with Crippen molar-refractivity contribution in [3.63, 3.8) is 0 Å². The quantitative estimate of drug-likeness (QED) is 0.244. The molecule has 0 aliphatic carbocycles. The molecular formula is C27H19NO5S2. The monoisotopic (exact) mass is 501 g/mol. The van der Waals surface area contributed by atoms with Gasteiger partial charge in [0.15, 0.2) is 0 Å². The fourth-order valence-electron chi connectivity index (χ4n) is 3.73. The summed E-state index contributed by atoms with van der Waals surface area (Å²) in [5, 5.41) is 1.77. The largest absolute Gasteiger partial charge is 0.379 e. The van der Waals surface area contributed by atoms with Crippen LogP contribution in [-0.4, -0.2) is 24.5 Å². The van der Waals surface area contributed by atoms with Gasteiger partial charge in [0.1, 0.15) is 10.6 Å². The highest BCUT2D eigenvalue weighted by atomic mass is 32.2. The second-order valence-electron chi connectivity index (χ2n) is 7.87. The van der Waals surface area contributed by atoms with Gasteiger partial charge in [-0.1, -0.05) is 66.7 Å². The van der Waals surface area contributed by atoms with E-state index in [-0.39, 0.29) is 27.3 Å². The molecule has 0 radical (unpaired) electrons. The molecular weight excluding hydrogens is 482 g/mol. The molecule has 1 saturated heterocycles. The molecule has 0 bridgehead atoms. The number of benzene rings is 4. The van der Waals surface area contributed by atoms with E-state index in [9.17, 15) is 18.0 Å². The van der Waals surface area contributed by atoms with Crippen LogP contribution in [0.1, 0.15) is 11.1 Å². The molecule has 5 rings (SSSR count). The van der Waals surface area contributed by atoms with Gasteiger partial charge in [0, 0.05) is 0 Å². The number of nitrogens with zero attached hydrogens (tertiary/aromatic N) is 1. The number of hydrogen-bond acceptors (Lipinski definition) is 6. The number of fused-ring (bicyclic) bond motifs is 1. The van der Waals surface area contributed by atoms with Gasteiger partial charge in [-0.25, -0.2) is 0 Å². The van der Waals surface area contributed by atoms with E-state index >= 15 is 0 Å². The summed E-state index contributed by atoms with van der Waals surface area (Å²) in [6.45, 7) is 0.172. The number of hydrogen-bond donors (Lipinski definition) is 0. The number of imide groups is 1. The third-order valence-corrected chi connectivity index (χ3v) is 7.59. The maximum Gasteiger partial charge on any atom is 0.339 e. The Labute approximate surface area is 207 Å². The molecule has 4 aromatic rings. The van der Waals surface area contributed by atoms with E-state index in [1.807, 2.05) is 42.5 Å². The first-order valence-corrected chi connectivity index (χ1v) is 12.9. The highest BCUT2D eigenvalue weighted by Gasteiger charge is 2.35. The Morgan fingerprint density at radius 2 is 1.54 bits per heavy atom. The lowest BCUT2D eigenvalue weighted by atomic mass is 10.1. The summed E-state index contributed by atoms with van der Waals surface area (Å²) in [7, 11) is -3.99. The molecule has 2 amide bonds. The van der Waals surface area contributed by atoms with Crippen LogP contribution < -0.4 is 4.18 Å². The Hall–Kier alpha value is -3.88. The normalized spacial score (nSPS) is 15.2. The van der Waals surface area contributed by atoms with Crippen LogP contribution in [0.5, 0.6) is 5.75 Å². The number of thioether (sulfide) groups is 1. The van der Waals surface area contributed by atoms with Gasteiger partial charge < -0.3 is 4.18 Å². The maximum absolute atomic E-state index is 13.0. The van der Waals surface area contributed by atoms with E-state index < -0.39 is 16.0 Å². The molecule has 4 aromatic carbocycles. The van der Waals surface area contributed by atoms with Crippen LogP contribution >= 0.6 is 11.8 Å². The topological polar surface area (TPSA) is 80.8 Å². The zero-order chi connectivity index (χ0) is 24.4. The van der Waals surface area contributed by atoms with Gasteiger partial charge in [-0.15, -0.1) is 0 Å². The summed E-state index contributed by atoms with van der Waals surface area (Å²) < 4.78 is 30.3. The maximum atomic E-state index is 13.0. The van der Waals surface area contributed by atoms with Gasteiger partial charge >= 0.3 is 10.1 Å². The summed E-state index contributed by atoms with van der Waals surface area (Å²) in [5.74, 6) is -0.283. The first-order chi connectivity index (χ1) is 16.9. The lowest BCUT2D eigenvalue weighted by Gasteiger charge is -2.13. The van der Waals surface area contributed by atoms with Gasteiger partial charge in [0.05, 0.1) is 11.4 Å². The standard InChI is InChI=1S/C27H19NO5S2/c29-26-25(34-27(30)28(26)18-20-13-14-21-8-4-5-9-22(21)15-20)17-19-7-6-10-23(16-19)33-35(31,32)24-11-2-1-3-12-24/h1-17H,18H2/b25-17-. The molecule has 1 aliphatic rings. The van der Waals surface area contributed by atoms with Crippen LogP contribution in [0.25, 0.3) is 16.8 Å². The van der Waals surface area contributed by atoms with Gasteiger partial charge in [-0.2, -0.15) is 8.42 Å². The van der Waals surface area contributed by atoms with E-state index in [1.165, 1.54) is 29.2 Å². The highest BCUT2D eigenvalue weighted by molar-refractivity contribution is 8.18. The number of carbonyl (C=O) groups is 2. The van der Waals surface area contributed by atoms with E-state index in [1.54, 1.807) is 36.4 Å². The molecule has 174 valence electrons.